The summed E-state index contributed by atoms with van der Waals surface area (Å²) in [4.78, 5) is 0. The lowest BCUT2D eigenvalue weighted by Gasteiger charge is -2.11. The molecule has 0 aliphatic heterocycles. The highest BCUT2D eigenvalue weighted by atomic mass is 16.5. The van der Waals surface area contributed by atoms with Crippen LogP contribution in [0.5, 0.6) is 5.75 Å². The zero-order chi connectivity index (χ0) is 26.3. The fourth-order valence-electron chi connectivity index (χ4n) is 4.35. The van der Waals surface area contributed by atoms with Crippen LogP contribution in [0.4, 0.5) is 22.7 Å². The Morgan fingerprint density at radius 2 is 1.05 bits per heavy atom. The first kappa shape index (κ1) is 27.2. The van der Waals surface area contributed by atoms with Gasteiger partial charge in [-0.15, -0.1) is 5.11 Å². The summed E-state index contributed by atoms with van der Waals surface area (Å²) in [5.41, 5.74) is 3.11. The highest BCUT2D eigenvalue weighted by Crippen LogP contribution is 2.37. The van der Waals surface area contributed by atoms with Crippen LogP contribution in [0, 0.1) is 0 Å². The predicted molar refractivity (Wildman–Crippen MR) is 158 cm³/mol. The van der Waals surface area contributed by atoms with Gasteiger partial charge >= 0.3 is 0 Å². The smallest absolute Gasteiger partial charge is 0.147 e. The van der Waals surface area contributed by atoms with Crippen molar-refractivity contribution in [2.45, 2.75) is 64.7 Å². The van der Waals surface area contributed by atoms with Crippen molar-refractivity contribution in [3.8, 4) is 5.75 Å². The Balaban J connectivity index is 1.36. The minimum absolute atomic E-state index is 0.692. The molecule has 0 saturated heterocycles. The number of benzene rings is 4. The first-order chi connectivity index (χ1) is 18.8. The average Bonchev–Trinajstić information content (AvgIpc) is 2.97. The molecule has 0 N–H and O–H groups in total. The molecule has 0 aliphatic carbocycles. The molecule has 0 fully saturated rings. The fraction of sp³-hybridized carbons (Fsp3) is 0.333. The molecule has 0 radical (unpaired) electrons. The molecule has 0 atom stereocenters. The van der Waals surface area contributed by atoms with Gasteiger partial charge in [0.25, 0.3) is 0 Å². The summed E-state index contributed by atoms with van der Waals surface area (Å²) in [6, 6.07) is 29.6. The third-order valence-electron chi connectivity index (χ3n) is 6.52. The fourth-order valence-corrected chi connectivity index (χ4v) is 4.35. The highest BCUT2D eigenvalue weighted by Gasteiger charge is 2.09. The van der Waals surface area contributed by atoms with Gasteiger partial charge in [-0.2, -0.15) is 15.3 Å². The second-order valence-corrected chi connectivity index (χ2v) is 9.56. The summed E-state index contributed by atoms with van der Waals surface area (Å²) < 4.78 is 6.21. The molecule has 0 spiro atoms. The second kappa shape index (κ2) is 15.4. The molecule has 5 heteroatoms. The molecule has 0 aromatic heterocycles. The summed E-state index contributed by atoms with van der Waals surface area (Å²) >= 11 is 0. The van der Waals surface area contributed by atoms with Crippen LogP contribution in [-0.4, -0.2) is 6.61 Å². The maximum atomic E-state index is 6.21. The van der Waals surface area contributed by atoms with E-state index in [4.69, 9.17) is 4.74 Å². The van der Waals surface area contributed by atoms with E-state index in [9.17, 15) is 0 Å². The Labute approximate surface area is 226 Å². The van der Waals surface area contributed by atoms with Gasteiger partial charge in [0.2, 0.25) is 0 Å². The van der Waals surface area contributed by atoms with Gasteiger partial charge in [0.05, 0.1) is 23.7 Å². The van der Waals surface area contributed by atoms with E-state index in [1.54, 1.807) is 0 Å². The molecular formula is C33H38N4O. The maximum Gasteiger partial charge on any atom is 0.147 e. The minimum atomic E-state index is 0.692. The van der Waals surface area contributed by atoms with Crippen LogP contribution in [0.3, 0.4) is 0 Å². The number of unbranched alkanes of at least 4 members (excludes halogenated alkanes) is 8. The van der Waals surface area contributed by atoms with Crippen molar-refractivity contribution in [1.82, 2.24) is 0 Å². The highest BCUT2D eigenvalue weighted by molar-refractivity contribution is 5.95. The lowest BCUT2D eigenvalue weighted by atomic mass is 10.1. The molecule has 0 saturated carbocycles. The van der Waals surface area contributed by atoms with E-state index in [-0.39, 0.29) is 0 Å². The predicted octanol–water partition coefficient (Wildman–Crippen LogP) is 11.6. The van der Waals surface area contributed by atoms with Gasteiger partial charge in [0, 0.05) is 5.39 Å². The SMILES string of the molecule is CCCCCCCCCCCOc1ccc2ccccc2c1/N=N/c1ccc(/N=N/c2ccccc2)cc1. The van der Waals surface area contributed by atoms with Crippen LogP contribution in [0.25, 0.3) is 10.8 Å². The van der Waals surface area contributed by atoms with Gasteiger partial charge < -0.3 is 4.74 Å². The summed E-state index contributed by atoms with van der Waals surface area (Å²) in [6.45, 7) is 2.96. The maximum absolute atomic E-state index is 6.21. The van der Waals surface area contributed by atoms with Crippen LogP contribution in [0.2, 0.25) is 0 Å². The molecule has 0 bridgehead atoms. The Morgan fingerprint density at radius 3 is 1.74 bits per heavy atom. The summed E-state index contributed by atoms with van der Waals surface area (Å²) in [5.74, 6) is 0.778. The van der Waals surface area contributed by atoms with E-state index in [0.717, 1.165) is 45.7 Å². The number of hydrogen-bond donors (Lipinski definition) is 0. The Bertz CT molecular complexity index is 1300. The van der Waals surface area contributed by atoms with Gasteiger partial charge in [0.15, 0.2) is 0 Å². The molecule has 0 aliphatic rings. The lowest BCUT2D eigenvalue weighted by Crippen LogP contribution is -1.98. The number of nitrogens with zero attached hydrogens (tertiary/aromatic N) is 4. The van der Waals surface area contributed by atoms with Gasteiger partial charge in [0.1, 0.15) is 11.4 Å². The van der Waals surface area contributed by atoms with Crippen molar-refractivity contribution in [3.05, 3.63) is 91.0 Å². The largest absolute Gasteiger partial charge is 0.491 e. The quantitative estimate of drug-likeness (QED) is 0.117. The normalized spacial score (nSPS) is 11.6. The lowest BCUT2D eigenvalue weighted by molar-refractivity contribution is 0.305. The molecule has 196 valence electrons. The number of hydrogen-bond acceptors (Lipinski definition) is 5. The topological polar surface area (TPSA) is 58.7 Å². The standard InChI is InChI=1S/C33H38N4O/c1-2-3-4-5-6-7-8-9-15-26-38-32-25-20-27-16-13-14-19-31(27)33(32)37-36-30-23-21-29(22-24-30)35-34-28-17-11-10-12-18-28/h10-14,16-25H,2-9,15,26H2,1H3/b35-34+,37-36+. The monoisotopic (exact) mass is 506 g/mol. The molecule has 4 aromatic carbocycles. The van der Waals surface area contributed by atoms with Crippen LogP contribution >= 0.6 is 0 Å². The van der Waals surface area contributed by atoms with E-state index < -0.39 is 0 Å². The van der Waals surface area contributed by atoms with Gasteiger partial charge in [-0.05, 0) is 54.3 Å². The van der Waals surface area contributed by atoms with Crippen LogP contribution < -0.4 is 4.74 Å². The molecule has 0 heterocycles. The zero-order valence-corrected chi connectivity index (χ0v) is 22.4. The second-order valence-electron chi connectivity index (χ2n) is 9.56. The Hall–Kier alpha value is -3.86. The average molecular weight is 507 g/mol. The van der Waals surface area contributed by atoms with Crippen molar-refractivity contribution in [1.29, 1.82) is 0 Å². The van der Waals surface area contributed by atoms with Crippen LogP contribution in [0.1, 0.15) is 64.7 Å². The van der Waals surface area contributed by atoms with Crippen molar-refractivity contribution < 1.29 is 4.74 Å². The summed E-state index contributed by atoms with van der Waals surface area (Å²) in [6.07, 6.45) is 11.6. The zero-order valence-electron chi connectivity index (χ0n) is 22.4. The van der Waals surface area contributed by atoms with E-state index in [0.29, 0.717) is 6.61 Å². The first-order valence-electron chi connectivity index (χ1n) is 14.0. The van der Waals surface area contributed by atoms with Crippen LogP contribution in [-0.2, 0) is 0 Å². The molecular weight excluding hydrogens is 468 g/mol. The number of ether oxygens (including phenoxy) is 1. The van der Waals surface area contributed by atoms with Gasteiger partial charge in [-0.25, -0.2) is 0 Å². The molecule has 4 aromatic rings. The number of rotatable bonds is 15. The molecule has 38 heavy (non-hydrogen) atoms. The molecule has 5 nitrogen and oxygen atoms in total. The van der Waals surface area contributed by atoms with Crippen molar-refractivity contribution in [3.63, 3.8) is 0 Å². The molecule has 4 rings (SSSR count). The number of fused-ring (bicyclic) bond motifs is 1. The van der Waals surface area contributed by atoms with Crippen molar-refractivity contribution in [2.24, 2.45) is 20.5 Å². The van der Waals surface area contributed by atoms with Gasteiger partial charge in [-0.3, -0.25) is 0 Å². The molecule has 0 unspecified atom stereocenters. The van der Waals surface area contributed by atoms with E-state index in [1.165, 1.54) is 51.4 Å². The third-order valence-corrected chi connectivity index (χ3v) is 6.52. The molecule has 0 amide bonds. The summed E-state index contributed by atoms with van der Waals surface area (Å²) in [5, 5.41) is 19.9. The van der Waals surface area contributed by atoms with E-state index in [2.05, 4.69) is 45.6 Å². The van der Waals surface area contributed by atoms with Gasteiger partial charge in [-0.1, -0.05) is 107 Å². The first-order valence-corrected chi connectivity index (χ1v) is 14.0. The van der Waals surface area contributed by atoms with Crippen molar-refractivity contribution in [2.75, 3.05) is 6.61 Å². The Kier molecular flexibility index (Phi) is 11.0. The number of azo groups is 2. The Morgan fingerprint density at radius 1 is 0.500 bits per heavy atom. The third kappa shape index (κ3) is 8.62. The summed E-state index contributed by atoms with van der Waals surface area (Å²) in [7, 11) is 0. The van der Waals surface area contributed by atoms with E-state index >= 15 is 0 Å². The van der Waals surface area contributed by atoms with E-state index in [1.807, 2.05) is 72.8 Å². The van der Waals surface area contributed by atoms with Crippen molar-refractivity contribution >= 4 is 33.5 Å². The minimum Gasteiger partial charge on any atom is -0.491 e. The van der Waals surface area contributed by atoms with Crippen LogP contribution in [0.15, 0.2) is 111 Å².